The lowest BCUT2D eigenvalue weighted by Gasteiger charge is -2.12. The topological polar surface area (TPSA) is 35.2 Å². The third-order valence-corrected chi connectivity index (χ3v) is 2.89. The van der Waals surface area contributed by atoms with Gasteiger partial charge in [-0.05, 0) is 30.7 Å². The van der Waals surface area contributed by atoms with Gasteiger partial charge >= 0.3 is 0 Å². The molecule has 0 fully saturated rings. The molecule has 0 aliphatic heterocycles. The number of aryl methyl sites for hydroxylation is 1. The second-order valence-electron chi connectivity index (χ2n) is 3.67. The molecular formula is C13H11Cl2NO. The Morgan fingerprint density at radius 2 is 1.88 bits per heavy atom. The van der Waals surface area contributed by atoms with Crippen molar-refractivity contribution >= 4 is 28.9 Å². The summed E-state index contributed by atoms with van der Waals surface area (Å²) in [5.74, 6) is 1.11. The first-order valence-electron chi connectivity index (χ1n) is 5.06. The molecule has 0 bridgehead atoms. The van der Waals surface area contributed by atoms with Crippen LogP contribution in [0, 0.1) is 6.92 Å². The second-order valence-corrected chi connectivity index (χ2v) is 4.51. The Balaban J connectivity index is 2.41. The summed E-state index contributed by atoms with van der Waals surface area (Å²) in [7, 11) is 0. The average Bonchev–Trinajstić information content (AvgIpc) is 2.28. The fourth-order valence-corrected chi connectivity index (χ4v) is 1.80. The average molecular weight is 268 g/mol. The van der Waals surface area contributed by atoms with E-state index in [1.54, 1.807) is 24.3 Å². The van der Waals surface area contributed by atoms with Crippen LogP contribution in [0.5, 0.6) is 11.5 Å². The standard InChI is InChI=1S/C13H11Cl2NO/c1-8-3-2-4-11(16)13(8)17-12-7-9(14)5-6-10(12)15/h2-7H,16H2,1H3. The van der Waals surface area contributed by atoms with Crippen LogP contribution in [0.15, 0.2) is 36.4 Å². The van der Waals surface area contributed by atoms with E-state index in [9.17, 15) is 0 Å². The SMILES string of the molecule is Cc1cccc(N)c1Oc1cc(Cl)ccc1Cl. The van der Waals surface area contributed by atoms with Crippen LogP contribution in [-0.2, 0) is 0 Å². The van der Waals surface area contributed by atoms with Crippen LogP contribution in [0.4, 0.5) is 5.69 Å². The molecular weight excluding hydrogens is 257 g/mol. The first kappa shape index (κ1) is 12.1. The monoisotopic (exact) mass is 267 g/mol. The molecule has 0 unspecified atom stereocenters. The van der Waals surface area contributed by atoms with Crippen LogP contribution in [0.1, 0.15) is 5.56 Å². The molecule has 17 heavy (non-hydrogen) atoms. The van der Waals surface area contributed by atoms with Crippen molar-refractivity contribution in [2.45, 2.75) is 6.92 Å². The largest absolute Gasteiger partial charge is 0.453 e. The first-order valence-corrected chi connectivity index (χ1v) is 5.81. The molecule has 2 rings (SSSR count). The molecule has 2 N–H and O–H groups in total. The van der Waals surface area contributed by atoms with Crippen LogP contribution in [0.3, 0.4) is 0 Å². The van der Waals surface area contributed by atoms with Gasteiger partial charge in [0.25, 0.3) is 0 Å². The first-order chi connectivity index (χ1) is 8.08. The molecule has 2 nitrogen and oxygen atoms in total. The molecule has 2 aromatic rings. The lowest BCUT2D eigenvalue weighted by atomic mass is 10.2. The number of nitrogens with two attached hydrogens (primary N) is 1. The van der Waals surface area contributed by atoms with Gasteiger partial charge < -0.3 is 10.5 Å². The highest BCUT2D eigenvalue weighted by Gasteiger charge is 2.08. The molecule has 0 saturated heterocycles. The van der Waals surface area contributed by atoms with E-state index in [1.807, 2.05) is 19.1 Å². The summed E-state index contributed by atoms with van der Waals surface area (Å²) < 4.78 is 5.71. The Morgan fingerprint density at radius 1 is 1.12 bits per heavy atom. The smallest absolute Gasteiger partial charge is 0.153 e. The Labute approximate surface area is 110 Å². The minimum Gasteiger partial charge on any atom is -0.453 e. The van der Waals surface area contributed by atoms with E-state index in [-0.39, 0.29) is 0 Å². The molecule has 0 aromatic heterocycles. The second kappa shape index (κ2) is 4.86. The summed E-state index contributed by atoms with van der Waals surface area (Å²) in [4.78, 5) is 0. The number of anilines is 1. The summed E-state index contributed by atoms with van der Waals surface area (Å²) in [5.41, 5.74) is 7.37. The Bertz CT molecular complexity index is 535. The Morgan fingerprint density at radius 3 is 2.59 bits per heavy atom. The maximum Gasteiger partial charge on any atom is 0.153 e. The molecule has 0 atom stereocenters. The summed E-state index contributed by atoms with van der Waals surface area (Å²) in [6.07, 6.45) is 0. The number of hydrogen-bond acceptors (Lipinski definition) is 2. The number of halogens is 2. The molecule has 0 saturated carbocycles. The highest BCUT2D eigenvalue weighted by Crippen LogP contribution is 2.35. The predicted molar refractivity (Wildman–Crippen MR) is 72.1 cm³/mol. The summed E-state index contributed by atoms with van der Waals surface area (Å²) in [5, 5.41) is 1.06. The molecule has 2 aromatic carbocycles. The van der Waals surface area contributed by atoms with Crippen molar-refractivity contribution in [2.24, 2.45) is 0 Å². The maximum absolute atomic E-state index is 6.03. The van der Waals surface area contributed by atoms with E-state index in [0.717, 1.165) is 5.56 Å². The quantitative estimate of drug-likeness (QED) is 0.803. The Hall–Kier alpha value is -1.38. The van der Waals surface area contributed by atoms with Gasteiger partial charge in [0, 0.05) is 11.1 Å². The van der Waals surface area contributed by atoms with E-state index in [2.05, 4.69) is 0 Å². The number of ether oxygens (including phenoxy) is 1. The van der Waals surface area contributed by atoms with E-state index < -0.39 is 0 Å². The van der Waals surface area contributed by atoms with Gasteiger partial charge in [-0.1, -0.05) is 35.3 Å². The summed E-state index contributed by atoms with van der Waals surface area (Å²) in [6, 6.07) is 10.6. The molecule has 0 amide bonds. The summed E-state index contributed by atoms with van der Waals surface area (Å²) in [6.45, 7) is 1.92. The van der Waals surface area contributed by atoms with E-state index in [0.29, 0.717) is 27.2 Å². The van der Waals surface area contributed by atoms with Crippen molar-refractivity contribution in [3.63, 3.8) is 0 Å². The molecule has 0 heterocycles. The number of benzene rings is 2. The van der Waals surface area contributed by atoms with Crippen LogP contribution in [-0.4, -0.2) is 0 Å². The van der Waals surface area contributed by atoms with E-state index in [4.69, 9.17) is 33.7 Å². The molecule has 0 spiro atoms. The fraction of sp³-hybridized carbons (Fsp3) is 0.0769. The Kier molecular flexibility index (Phi) is 3.46. The minimum atomic E-state index is 0.497. The van der Waals surface area contributed by atoms with Gasteiger partial charge in [-0.3, -0.25) is 0 Å². The van der Waals surface area contributed by atoms with Crippen molar-refractivity contribution in [3.8, 4) is 11.5 Å². The molecule has 88 valence electrons. The van der Waals surface area contributed by atoms with Crippen molar-refractivity contribution in [1.29, 1.82) is 0 Å². The van der Waals surface area contributed by atoms with Crippen LogP contribution in [0.2, 0.25) is 10.0 Å². The molecule has 0 radical (unpaired) electrons. The third kappa shape index (κ3) is 2.65. The van der Waals surface area contributed by atoms with Crippen molar-refractivity contribution in [1.82, 2.24) is 0 Å². The fourth-order valence-electron chi connectivity index (χ4n) is 1.48. The van der Waals surface area contributed by atoms with Gasteiger partial charge in [0.2, 0.25) is 0 Å². The lowest BCUT2D eigenvalue weighted by molar-refractivity contribution is 0.481. The number of hydrogen-bond donors (Lipinski definition) is 1. The van der Waals surface area contributed by atoms with Gasteiger partial charge in [0.15, 0.2) is 5.75 Å². The van der Waals surface area contributed by atoms with Gasteiger partial charge in [0.05, 0.1) is 10.7 Å². The van der Waals surface area contributed by atoms with Crippen LogP contribution >= 0.6 is 23.2 Å². The van der Waals surface area contributed by atoms with Gasteiger partial charge in [-0.15, -0.1) is 0 Å². The highest BCUT2D eigenvalue weighted by atomic mass is 35.5. The zero-order valence-electron chi connectivity index (χ0n) is 9.21. The van der Waals surface area contributed by atoms with Gasteiger partial charge in [0.1, 0.15) is 5.75 Å². The van der Waals surface area contributed by atoms with Crippen LogP contribution in [0.25, 0.3) is 0 Å². The maximum atomic E-state index is 6.03. The lowest BCUT2D eigenvalue weighted by Crippen LogP contribution is -1.94. The number of rotatable bonds is 2. The van der Waals surface area contributed by atoms with Gasteiger partial charge in [-0.25, -0.2) is 0 Å². The zero-order valence-corrected chi connectivity index (χ0v) is 10.7. The molecule has 4 heteroatoms. The predicted octanol–water partition coefficient (Wildman–Crippen LogP) is 4.68. The van der Waals surface area contributed by atoms with Crippen molar-refractivity contribution < 1.29 is 4.74 Å². The van der Waals surface area contributed by atoms with Crippen molar-refractivity contribution in [2.75, 3.05) is 5.73 Å². The highest BCUT2D eigenvalue weighted by molar-refractivity contribution is 6.34. The van der Waals surface area contributed by atoms with E-state index >= 15 is 0 Å². The number of para-hydroxylation sites is 1. The third-order valence-electron chi connectivity index (χ3n) is 2.35. The zero-order chi connectivity index (χ0) is 12.4. The van der Waals surface area contributed by atoms with Gasteiger partial charge in [-0.2, -0.15) is 0 Å². The van der Waals surface area contributed by atoms with E-state index in [1.165, 1.54) is 0 Å². The summed E-state index contributed by atoms with van der Waals surface area (Å²) >= 11 is 11.9. The van der Waals surface area contributed by atoms with Crippen molar-refractivity contribution in [3.05, 3.63) is 52.0 Å². The molecule has 0 aliphatic carbocycles. The minimum absolute atomic E-state index is 0.497. The molecule has 0 aliphatic rings. The normalized spacial score (nSPS) is 10.3. The van der Waals surface area contributed by atoms with Crippen LogP contribution < -0.4 is 10.5 Å². The number of nitrogen functional groups attached to an aromatic ring is 1.